The Balaban J connectivity index is 0.000000451. The van der Waals surface area contributed by atoms with Gasteiger partial charge in [0.2, 0.25) is 0 Å². The van der Waals surface area contributed by atoms with Crippen LogP contribution >= 0.6 is 165 Å². The van der Waals surface area contributed by atoms with Crippen LogP contribution in [0.15, 0.2) is 52.9 Å². The Bertz CT molecular complexity index is 4070. The van der Waals surface area contributed by atoms with Gasteiger partial charge in [0, 0.05) is 109 Å². The van der Waals surface area contributed by atoms with E-state index in [2.05, 4.69) is 188 Å². The number of ketones is 3. The van der Waals surface area contributed by atoms with E-state index in [1.807, 2.05) is 120 Å². The summed E-state index contributed by atoms with van der Waals surface area (Å²) in [6.45, 7) is 34.8. The lowest BCUT2D eigenvalue weighted by Crippen LogP contribution is -2.31. The summed E-state index contributed by atoms with van der Waals surface area (Å²) in [6, 6.07) is 12.5. The molecule has 0 fully saturated rings. The lowest BCUT2D eigenvalue weighted by Gasteiger charge is -2.23. The normalized spacial score (nSPS) is 11.5. The fourth-order valence-corrected chi connectivity index (χ4v) is 17.4. The lowest BCUT2D eigenvalue weighted by molar-refractivity contribution is -0.129. The van der Waals surface area contributed by atoms with E-state index in [-0.39, 0.29) is 34.4 Å². The SMILES string of the molecule is CSCC(CSC)C(=O)C(C)(C)C.CSCc1nc2ccc(C(=O)C(C)C)cc2nc1CSC.CSCc1nc2ccc(C(C)C)cc2nc1CSC.CSCc1ncc(C(=O)C(C)(C)C)nc1CSC.CSCc1nn(C(C)(C)C)nc1CSC.CSCc1nnn(C(C)C)c1CSC.CSc1nc(SC)nc(C(C)C)n1. The zero-order valence-electron chi connectivity index (χ0n) is 73.1. The lowest BCUT2D eigenvalue weighted by atomic mass is 9.84. The number of rotatable bonds is 33. The van der Waals surface area contributed by atoms with Crippen molar-refractivity contribution in [1.29, 1.82) is 0 Å². The fourth-order valence-electron chi connectivity index (χ4n) is 10.1. The van der Waals surface area contributed by atoms with E-state index in [4.69, 9.17) is 19.9 Å². The second-order valence-corrected chi connectivity index (χ2v) is 42.1. The first kappa shape index (κ1) is 106. The van der Waals surface area contributed by atoms with Gasteiger partial charge >= 0.3 is 0 Å². The summed E-state index contributed by atoms with van der Waals surface area (Å²) in [6.07, 6.45) is 30.5. The monoisotopic (exact) mass is 1810 g/mol. The molecule has 18 nitrogen and oxygen atoms in total. The number of thioether (sulfide) groups is 14. The molecule has 113 heavy (non-hydrogen) atoms. The minimum absolute atomic E-state index is 0.00292. The maximum absolute atomic E-state index is 12.2. The van der Waals surface area contributed by atoms with E-state index in [1.54, 1.807) is 159 Å². The molecule has 0 radical (unpaired) electrons. The third-order valence-electron chi connectivity index (χ3n) is 15.9. The molecule has 0 saturated carbocycles. The van der Waals surface area contributed by atoms with Crippen molar-refractivity contribution in [2.75, 3.05) is 99.1 Å². The first-order chi connectivity index (χ1) is 53.4. The minimum atomic E-state index is -0.410. The standard InChI is InChI=1S/C16H20N2OS2.C15H20N2S2.C13H20N2OS2.C10H19N3S2.C10H20OS2.C9H17N3S2.C8H13N3S2/c1-10(2)16(19)11-5-6-12-13(7-11)18-15(9-21-4)14(17-12)8-20-3;1-10(2)11-5-6-12-13(7-11)17-15(9-19-4)14(16-12)8-18-3;1-13(2,3)12(16)9-6-14-10(7-17-4)11(15-9)8-18-5;1-10(2,3)13-11-8(6-14-4)9(12-13)7-15-5;1-10(2,3)9(11)8(6-12-4)7-13-5;1-7(2)12-9(6-14-4)8(5-13-3)10-11-12;1-5(2)6-9-7(12-3)11-8(10-6)13-4/h5-7,10H,8-9H2,1-4H3;5-7,10H,8-9H2,1-4H3;6H,7-8H2,1-5H3;6-7H2,1-5H3;8H,6-7H2,1-5H3;7H,5-6H2,1-4H3;5H,1-4H3. The average Bonchev–Trinajstić information content (AvgIpc) is 1.58. The Morgan fingerprint density at radius 3 is 1.18 bits per heavy atom. The topological polar surface area (TPSA) is 229 Å². The molecule has 630 valence electrons. The van der Waals surface area contributed by atoms with Crippen LogP contribution in [0.4, 0.5) is 0 Å². The fraction of sp³-hybridized carbons (Fsp3) is 0.630. The largest absolute Gasteiger partial charge is 0.299 e. The highest BCUT2D eigenvalue weighted by Gasteiger charge is 2.29. The van der Waals surface area contributed by atoms with E-state index in [9.17, 15) is 14.4 Å². The van der Waals surface area contributed by atoms with Gasteiger partial charge in [-0.25, -0.2) is 39.6 Å². The van der Waals surface area contributed by atoms with E-state index in [0.717, 1.165) is 164 Å². The molecule has 0 aliphatic heterocycles. The van der Waals surface area contributed by atoms with E-state index in [0.29, 0.717) is 29.4 Å². The summed E-state index contributed by atoms with van der Waals surface area (Å²) >= 11 is 24.3. The molecular weight excluding hydrogens is 1680 g/mol. The average molecular weight is 1810 g/mol. The van der Waals surface area contributed by atoms with Crippen LogP contribution in [-0.2, 0) is 67.9 Å². The number of benzene rings is 2. The summed E-state index contributed by atoms with van der Waals surface area (Å²) in [5.41, 5.74) is 16.6. The zero-order chi connectivity index (χ0) is 85.3. The predicted octanol–water partition coefficient (Wildman–Crippen LogP) is 22.8. The number of fused-ring (bicyclic) bond motifs is 2. The molecule has 0 aliphatic carbocycles. The van der Waals surface area contributed by atoms with E-state index in [1.165, 1.54) is 11.3 Å². The highest BCUT2D eigenvalue weighted by molar-refractivity contribution is 8.01. The number of hydrogen-bond acceptors (Lipinski definition) is 30. The molecule has 0 aliphatic rings. The Hall–Kier alpha value is -2.60. The van der Waals surface area contributed by atoms with Gasteiger partial charge in [0.15, 0.2) is 21.9 Å². The van der Waals surface area contributed by atoms with Gasteiger partial charge in [0.1, 0.15) is 17.3 Å². The van der Waals surface area contributed by atoms with Crippen LogP contribution in [0.3, 0.4) is 0 Å². The van der Waals surface area contributed by atoms with Crippen LogP contribution in [0.5, 0.6) is 0 Å². The number of hydrogen-bond donors (Lipinski definition) is 0. The summed E-state index contributed by atoms with van der Waals surface area (Å²) in [7, 11) is 0. The molecule has 0 saturated heterocycles. The Kier molecular flexibility index (Phi) is 52.8. The second kappa shape index (κ2) is 56.1. The highest BCUT2D eigenvalue weighted by atomic mass is 32.2. The third-order valence-corrected chi connectivity index (χ3v) is 24.0. The van der Waals surface area contributed by atoms with Gasteiger partial charge in [-0.05, 0) is 164 Å². The molecule has 6 heterocycles. The van der Waals surface area contributed by atoms with Crippen molar-refractivity contribution < 1.29 is 14.4 Å². The first-order valence-corrected chi connectivity index (χ1v) is 56.3. The number of Topliss-reactive ketones (excluding diaryl/α,β-unsaturated/α-hetero) is 3. The number of aromatic nitrogens is 15. The molecule has 0 atom stereocenters. The van der Waals surface area contributed by atoms with Gasteiger partial charge in [-0.15, -0.1) is 5.10 Å². The van der Waals surface area contributed by atoms with Gasteiger partial charge < -0.3 is 0 Å². The summed E-state index contributed by atoms with van der Waals surface area (Å²) in [4.78, 5) is 78.9. The molecule has 0 bridgehead atoms. The van der Waals surface area contributed by atoms with Crippen molar-refractivity contribution in [3.63, 3.8) is 0 Å². The Morgan fingerprint density at radius 2 is 0.805 bits per heavy atom. The Morgan fingerprint density at radius 1 is 0.407 bits per heavy atom. The number of nitrogens with zero attached hydrogens (tertiary/aromatic N) is 15. The number of carbonyl (C=O) groups is 3. The van der Waals surface area contributed by atoms with Gasteiger partial charge in [0.05, 0.1) is 90.7 Å². The van der Waals surface area contributed by atoms with Gasteiger partial charge in [-0.3, -0.25) is 19.4 Å². The summed E-state index contributed by atoms with van der Waals surface area (Å²) in [5.74, 6) is 13.6. The van der Waals surface area contributed by atoms with Crippen LogP contribution in [0.2, 0.25) is 0 Å². The molecule has 0 spiro atoms. The van der Waals surface area contributed by atoms with Crippen molar-refractivity contribution in [2.24, 2.45) is 22.7 Å². The third kappa shape index (κ3) is 37.5. The highest BCUT2D eigenvalue weighted by Crippen LogP contribution is 2.30. The van der Waals surface area contributed by atoms with Gasteiger partial charge in [-0.1, -0.05) is 118 Å². The zero-order valence-corrected chi connectivity index (χ0v) is 84.5. The summed E-state index contributed by atoms with van der Waals surface area (Å²) < 4.78 is 2.03. The van der Waals surface area contributed by atoms with Crippen molar-refractivity contribution in [1.82, 2.24) is 74.8 Å². The maximum Gasteiger partial charge on any atom is 0.191 e. The van der Waals surface area contributed by atoms with Gasteiger partial charge in [-0.2, -0.15) is 161 Å². The Labute approximate surface area is 739 Å². The quantitative estimate of drug-likeness (QED) is 0.0275. The van der Waals surface area contributed by atoms with Crippen LogP contribution in [0.25, 0.3) is 22.1 Å². The summed E-state index contributed by atoms with van der Waals surface area (Å²) in [5, 5.41) is 19.2. The molecule has 8 rings (SSSR count). The number of carbonyl (C=O) groups excluding carboxylic acids is 3. The maximum atomic E-state index is 12.2. The van der Waals surface area contributed by atoms with Crippen LogP contribution in [0.1, 0.15) is 225 Å². The van der Waals surface area contributed by atoms with Crippen molar-refractivity contribution in [3.8, 4) is 0 Å². The van der Waals surface area contributed by atoms with Crippen LogP contribution < -0.4 is 0 Å². The molecular formula is C81H129N15O3S14. The van der Waals surface area contributed by atoms with Crippen molar-refractivity contribution in [2.45, 2.75) is 209 Å². The van der Waals surface area contributed by atoms with Crippen LogP contribution in [0, 0.1) is 22.7 Å². The van der Waals surface area contributed by atoms with Crippen molar-refractivity contribution >= 4 is 204 Å². The smallest absolute Gasteiger partial charge is 0.191 e. The van der Waals surface area contributed by atoms with E-state index >= 15 is 0 Å². The van der Waals surface area contributed by atoms with Crippen molar-refractivity contribution in [3.05, 3.63) is 122 Å². The molecule has 6 aromatic heterocycles. The van der Waals surface area contributed by atoms with Gasteiger partial charge in [0.25, 0.3) is 0 Å². The molecule has 0 N–H and O–H groups in total. The molecule has 0 amide bonds. The molecule has 0 unspecified atom stereocenters. The molecule has 8 aromatic rings. The molecule has 32 heteroatoms. The minimum Gasteiger partial charge on any atom is -0.299 e. The molecule has 2 aromatic carbocycles. The second-order valence-electron chi connectivity index (χ2n) is 30.0. The van der Waals surface area contributed by atoms with Crippen LogP contribution in [-0.4, -0.2) is 191 Å². The van der Waals surface area contributed by atoms with E-state index < -0.39 is 5.41 Å². The predicted molar refractivity (Wildman–Crippen MR) is 518 cm³/mol. The first-order valence-electron chi connectivity index (χ1n) is 37.1.